The van der Waals surface area contributed by atoms with Crippen LogP contribution in [0.3, 0.4) is 0 Å². The number of phenolic OH excluding ortho intramolecular Hbond substituents is 2. The predicted molar refractivity (Wildman–Crippen MR) is 70.0 cm³/mol. The van der Waals surface area contributed by atoms with E-state index in [0.717, 1.165) is 0 Å². The van der Waals surface area contributed by atoms with Crippen LogP contribution in [0.4, 0.5) is 5.69 Å². The molecule has 2 aromatic rings. The van der Waals surface area contributed by atoms with Crippen LogP contribution in [0.2, 0.25) is 0 Å². The number of phenols is 2. The number of aliphatic imine (C=N–C) groups is 1. The third kappa shape index (κ3) is 2.43. The van der Waals surface area contributed by atoms with E-state index < -0.39 is 0 Å². The lowest BCUT2D eigenvalue weighted by molar-refractivity contribution is 0.410. The van der Waals surface area contributed by atoms with Gasteiger partial charge >= 0.3 is 0 Å². The summed E-state index contributed by atoms with van der Waals surface area (Å²) in [6.07, 6.45) is 1.48. The highest BCUT2D eigenvalue weighted by atomic mass is 16.5. The minimum Gasteiger partial charge on any atom is -0.507 e. The highest BCUT2D eigenvalue weighted by molar-refractivity contribution is 5.86. The van der Waals surface area contributed by atoms with Crippen LogP contribution in [0.15, 0.2) is 47.5 Å². The minimum atomic E-state index is 0.0287. The van der Waals surface area contributed by atoms with Gasteiger partial charge in [-0.15, -0.1) is 0 Å². The molecule has 0 spiro atoms. The van der Waals surface area contributed by atoms with Crippen molar-refractivity contribution in [3.05, 3.63) is 48.0 Å². The zero-order chi connectivity index (χ0) is 13.0. The van der Waals surface area contributed by atoms with E-state index in [1.165, 1.54) is 19.4 Å². The largest absolute Gasteiger partial charge is 0.507 e. The van der Waals surface area contributed by atoms with E-state index in [4.69, 9.17) is 4.74 Å². The van der Waals surface area contributed by atoms with Crippen LogP contribution in [-0.2, 0) is 0 Å². The number of rotatable bonds is 3. The third-order valence-corrected chi connectivity index (χ3v) is 2.47. The Morgan fingerprint density at radius 3 is 2.44 bits per heavy atom. The standard InChI is InChI=1S/C14H13NO3/c1-18-13-8-4-7-12(17)14(13)15-9-10-5-2-3-6-11(10)16/h2-9,16-17H,1H3. The number of methoxy groups -OCH3 is 1. The van der Waals surface area contributed by atoms with Gasteiger partial charge in [0.05, 0.1) is 7.11 Å². The fourth-order valence-corrected chi connectivity index (χ4v) is 1.54. The van der Waals surface area contributed by atoms with Gasteiger partial charge in [-0.05, 0) is 24.3 Å². The lowest BCUT2D eigenvalue weighted by Gasteiger charge is -2.05. The second-order valence-electron chi connectivity index (χ2n) is 3.65. The number of para-hydroxylation sites is 2. The third-order valence-electron chi connectivity index (χ3n) is 2.47. The molecule has 0 atom stereocenters. The normalized spacial score (nSPS) is 10.7. The van der Waals surface area contributed by atoms with E-state index in [1.807, 2.05) is 0 Å². The van der Waals surface area contributed by atoms with E-state index in [9.17, 15) is 10.2 Å². The zero-order valence-electron chi connectivity index (χ0n) is 9.87. The van der Waals surface area contributed by atoms with Crippen molar-refractivity contribution in [2.75, 3.05) is 7.11 Å². The lowest BCUT2D eigenvalue weighted by Crippen LogP contribution is -1.85. The van der Waals surface area contributed by atoms with Crippen molar-refractivity contribution in [1.82, 2.24) is 0 Å². The Morgan fingerprint density at radius 1 is 1.00 bits per heavy atom. The fourth-order valence-electron chi connectivity index (χ4n) is 1.54. The average molecular weight is 243 g/mol. The van der Waals surface area contributed by atoms with Gasteiger partial charge in [-0.3, -0.25) is 0 Å². The average Bonchev–Trinajstić information content (AvgIpc) is 2.39. The van der Waals surface area contributed by atoms with E-state index >= 15 is 0 Å². The first-order chi connectivity index (χ1) is 8.72. The Morgan fingerprint density at radius 2 is 1.72 bits per heavy atom. The second kappa shape index (κ2) is 5.23. The van der Waals surface area contributed by atoms with Crippen molar-refractivity contribution in [2.45, 2.75) is 0 Å². The maximum Gasteiger partial charge on any atom is 0.148 e. The molecule has 0 aliphatic heterocycles. The Balaban J connectivity index is 2.38. The van der Waals surface area contributed by atoms with Crippen LogP contribution < -0.4 is 4.74 Å². The summed E-state index contributed by atoms with van der Waals surface area (Å²) in [5.41, 5.74) is 0.908. The number of hydrogen-bond acceptors (Lipinski definition) is 4. The molecule has 0 amide bonds. The first kappa shape index (κ1) is 12.0. The van der Waals surface area contributed by atoms with Crippen LogP contribution in [0, 0.1) is 0 Å². The van der Waals surface area contributed by atoms with Crippen molar-refractivity contribution in [1.29, 1.82) is 0 Å². The Bertz CT molecular complexity index is 579. The maximum atomic E-state index is 9.71. The monoisotopic (exact) mass is 243 g/mol. The number of hydrogen-bond donors (Lipinski definition) is 2. The SMILES string of the molecule is COc1cccc(O)c1N=Cc1ccccc1O. The van der Waals surface area contributed by atoms with Crippen molar-refractivity contribution in [3.8, 4) is 17.2 Å². The van der Waals surface area contributed by atoms with Crippen molar-refractivity contribution >= 4 is 11.9 Å². The first-order valence-corrected chi connectivity index (χ1v) is 5.40. The van der Waals surface area contributed by atoms with Gasteiger partial charge in [0, 0.05) is 11.8 Å². The van der Waals surface area contributed by atoms with Crippen LogP contribution in [-0.4, -0.2) is 23.5 Å². The summed E-state index contributed by atoms with van der Waals surface area (Å²) in [5, 5.41) is 19.3. The second-order valence-corrected chi connectivity index (χ2v) is 3.65. The van der Waals surface area contributed by atoms with Crippen LogP contribution in [0.25, 0.3) is 0 Å². The van der Waals surface area contributed by atoms with Crippen LogP contribution in [0.1, 0.15) is 5.56 Å². The Labute approximate surface area is 105 Å². The molecule has 4 heteroatoms. The number of aromatic hydroxyl groups is 2. The molecule has 0 aromatic heterocycles. The molecule has 0 radical (unpaired) electrons. The summed E-state index contributed by atoms with van der Waals surface area (Å²) in [4.78, 5) is 4.15. The zero-order valence-corrected chi connectivity index (χ0v) is 9.87. The lowest BCUT2D eigenvalue weighted by atomic mass is 10.2. The van der Waals surface area contributed by atoms with E-state index in [-0.39, 0.29) is 11.5 Å². The van der Waals surface area contributed by atoms with Crippen molar-refractivity contribution in [2.24, 2.45) is 4.99 Å². The highest BCUT2D eigenvalue weighted by Crippen LogP contribution is 2.36. The number of benzene rings is 2. The topological polar surface area (TPSA) is 62.0 Å². The molecule has 0 bridgehead atoms. The first-order valence-electron chi connectivity index (χ1n) is 5.40. The molecule has 2 N–H and O–H groups in total. The van der Waals surface area contributed by atoms with Gasteiger partial charge in [0.1, 0.15) is 22.9 Å². The van der Waals surface area contributed by atoms with Crippen LogP contribution in [0.5, 0.6) is 17.2 Å². The summed E-state index contributed by atoms with van der Waals surface area (Å²) in [5.74, 6) is 0.637. The molecule has 92 valence electrons. The number of nitrogens with zero attached hydrogens (tertiary/aromatic N) is 1. The van der Waals surface area contributed by atoms with Gasteiger partial charge in [0.2, 0.25) is 0 Å². The predicted octanol–water partition coefficient (Wildman–Crippen LogP) is 2.86. The fraction of sp³-hybridized carbons (Fsp3) is 0.0714. The molecule has 0 saturated carbocycles. The Hall–Kier alpha value is -2.49. The molecule has 0 aliphatic carbocycles. The molecule has 0 heterocycles. The molecule has 18 heavy (non-hydrogen) atoms. The van der Waals surface area contributed by atoms with Gasteiger partial charge in [-0.1, -0.05) is 18.2 Å². The van der Waals surface area contributed by atoms with E-state index in [0.29, 0.717) is 17.0 Å². The maximum absolute atomic E-state index is 9.71. The summed E-state index contributed by atoms with van der Waals surface area (Å²) >= 11 is 0. The minimum absolute atomic E-state index is 0.0287. The van der Waals surface area contributed by atoms with E-state index in [2.05, 4.69) is 4.99 Å². The highest BCUT2D eigenvalue weighted by Gasteiger charge is 2.06. The molecular formula is C14H13NO3. The molecule has 2 rings (SSSR count). The van der Waals surface area contributed by atoms with Gasteiger partial charge in [-0.25, -0.2) is 4.99 Å². The van der Waals surface area contributed by atoms with Crippen molar-refractivity contribution in [3.63, 3.8) is 0 Å². The summed E-state index contributed by atoms with van der Waals surface area (Å²) in [6.45, 7) is 0. The van der Waals surface area contributed by atoms with Gasteiger partial charge in [-0.2, -0.15) is 0 Å². The molecule has 4 nitrogen and oxygen atoms in total. The molecule has 0 fully saturated rings. The smallest absolute Gasteiger partial charge is 0.148 e. The summed E-state index contributed by atoms with van der Waals surface area (Å²) < 4.78 is 5.11. The molecule has 0 saturated heterocycles. The van der Waals surface area contributed by atoms with Gasteiger partial charge in [0.25, 0.3) is 0 Å². The molecule has 2 aromatic carbocycles. The summed E-state index contributed by atoms with van der Waals surface area (Å²) in [7, 11) is 1.51. The van der Waals surface area contributed by atoms with Crippen molar-refractivity contribution < 1.29 is 14.9 Å². The van der Waals surface area contributed by atoms with Crippen LogP contribution >= 0.6 is 0 Å². The molecular weight excluding hydrogens is 230 g/mol. The number of ether oxygens (including phenoxy) is 1. The van der Waals surface area contributed by atoms with E-state index in [1.54, 1.807) is 36.4 Å². The van der Waals surface area contributed by atoms with Gasteiger partial charge in [0.15, 0.2) is 0 Å². The molecule has 0 unspecified atom stereocenters. The quantitative estimate of drug-likeness (QED) is 0.815. The Kier molecular flexibility index (Phi) is 3.48. The summed E-state index contributed by atoms with van der Waals surface area (Å²) in [6, 6.07) is 11.7. The van der Waals surface area contributed by atoms with Gasteiger partial charge < -0.3 is 14.9 Å². The molecule has 0 aliphatic rings.